The molecule has 0 saturated carbocycles. The van der Waals surface area contributed by atoms with Crippen LogP contribution in [0.2, 0.25) is 0 Å². The molecule has 0 fully saturated rings. The molecule has 3 aromatic carbocycles. The van der Waals surface area contributed by atoms with Crippen molar-refractivity contribution in [2.24, 2.45) is 0 Å². The Kier molecular flexibility index (Phi) is 7.17. The van der Waals surface area contributed by atoms with Gasteiger partial charge in [-0.3, -0.25) is 0 Å². The average Bonchev–Trinajstić information content (AvgIpc) is 3.46. The first-order valence-electron chi connectivity index (χ1n) is 14.5. The molecular weight excluding hydrogens is 476 g/mol. The molecule has 4 heteroatoms. The van der Waals surface area contributed by atoms with E-state index >= 15 is 0 Å². The van der Waals surface area contributed by atoms with Crippen molar-refractivity contribution < 1.29 is 0 Å². The van der Waals surface area contributed by atoms with Gasteiger partial charge >= 0.3 is 0 Å². The van der Waals surface area contributed by atoms with Gasteiger partial charge in [-0.2, -0.15) is 0 Å². The molecule has 0 amide bonds. The second-order valence-corrected chi connectivity index (χ2v) is 12.6. The van der Waals surface area contributed by atoms with Crippen LogP contribution in [0.5, 0.6) is 0 Å². The van der Waals surface area contributed by atoms with Crippen molar-refractivity contribution in [1.82, 2.24) is 4.90 Å². The molecule has 0 unspecified atom stereocenters. The molecule has 2 aliphatic rings. The van der Waals surface area contributed by atoms with E-state index in [4.69, 9.17) is 0 Å². The Bertz CT molecular complexity index is 1390. The number of fused-ring (bicyclic) bond motifs is 1. The Morgan fingerprint density at radius 1 is 0.615 bits per heavy atom. The first kappa shape index (κ1) is 27.2. The number of hydrogen-bond donors (Lipinski definition) is 0. The average molecular weight is 523 g/mol. The van der Waals surface area contributed by atoms with E-state index in [9.17, 15) is 0 Å². The van der Waals surface area contributed by atoms with Crippen LogP contribution >= 0.6 is 0 Å². The fourth-order valence-corrected chi connectivity index (χ4v) is 5.94. The summed E-state index contributed by atoms with van der Waals surface area (Å²) in [5, 5.41) is 0. The van der Waals surface area contributed by atoms with Crippen LogP contribution in [0.4, 0.5) is 22.7 Å². The lowest BCUT2D eigenvalue weighted by Crippen LogP contribution is -2.25. The molecule has 0 N–H and O–H groups in total. The van der Waals surface area contributed by atoms with Gasteiger partial charge in [-0.1, -0.05) is 53.7 Å². The van der Waals surface area contributed by atoms with Crippen LogP contribution in [-0.2, 0) is 0 Å². The lowest BCUT2D eigenvalue weighted by atomic mass is 9.81. The Morgan fingerprint density at radius 2 is 1.21 bits per heavy atom. The molecule has 3 aromatic rings. The summed E-state index contributed by atoms with van der Waals surface area (Å²) in [6.07, 6.45) is 4.36. The zero-order chi connectivity index (χ0) is 28.2. The maximum atomic E-state index is 2.49. The van der Waals surface area contributed by atoms with Gasteiger partial charge in [0.25, 0.3) is 0 Å². The third-order valence-electron chi connectivity index (χ3n) is 8.49. The SMILES string of the molecule is Cc1cc2c(cc1C)N(c1cc(-c3c(C(C)C)cc(C(C)C)cc3C(C)C)cc(N3C=CN(C)C3)c1)CN2C. The Labute approximate surface area is 236 Å². The van der Waals surface area contributed by atoms with Crippen LogP contribution < -0.4 is 14.7 Å². The number of rotatable bonds is 6. The summed E-state index contributed by atoms with van der Waals surface area (Å²) in [4.78, 5) is 9.45. The number of nitrogens with zero attached hydrogens (tertiary/aromatic N) is 4. The number of hydrogen-bond acceptors (Lipinski definition) is 4. The van der Waals surface area contributed by atoms with Gasteiger partial charge in [0.05, 0.1) is 24.7 Å². The van der Waals surface area contributed by atoms with Crippen LogP contribution in [0.15, 0.2) is 54.9 Å². The largest absolute Gasteiger partial charge is 0.361 e. The van der Waals surface area contributed by atoms with Crippen molar-refractivity contribution >= 4 is 22.7 Å². The first-order chi connectivity index (χ1) is 18.4. The normalized spacial score (nSPS) is 15.1. The quantitative estimate of drug-likeness (QED) is 0.320. The number of benzene rings is 3. The predicted octanol–water partition coefficient (Wildman–Crippen LogP) is 9.07. The molecule has 39 heavy (non-hydrogen) atoms. The summed E-state index contributed by atoms with van der Waals surface area (Å²) < 4.78 is 0. The fraction of sp³-hybridized carbons (Fsp3) is 0.429. The van der Waals surface area contributed by atoms with Gasteiger partial charge in [0.1, 0.15) is 0 Å². The van der Waals surface area contributed by atoms with Crippen molar-refractivity contribution in [2.45, 2.75) is 73.1 Å². The molecule has 2 aliphatic heterocycles. The minimum Gasteiger partial charge on any atom is -0.361 e. The molecule has 206 valence electrons. The lowest BCUT2D eigenvalue weighted by Gasteiger charge is -2.27. The molecule has 2 heterocycles. The highest BCUT2D eigenvalue weighted by molar-refractivity contribution is 5.87. The molecule has 0 bridgehead atoms. The minimum absolute atomic E-state index is 0.436. The van der Waals surface area contributed by atoms with Gasteiger partial charge in [-0.05, 0) is 101 Å². The first-order valence-corrected chi connectivity index (χ1v) is 14.5. The molecule has 0 radical (unpaired) electrons. The van der Waals surface area contributed by atoms with Crippen molar-refractivity contribution in [3.05, 3.63) is 82.7 Å². The van der Waals surface area contributed by atoms with Gasteiger partial charge in [0.2, 0.25) is 0 Å². The molecule has 0 aliphatic carbocycles. The smallest absolute Gasteiger partial charge is 0.0950 e. The third-order valence-corrected chi connectivity index (χ3v) is 8.49. The zero-order valence-corrected chi connectivity index (χ0v) is 25.6. The van der Waals surface area contributed by atoms with Crippen molar-refractivity contribution in [2.75, 3.05) is 42.1 Å². The van der Waals surface area contributed by atoms with Crippen LogP contribution in [0.1, 0.15) is 87.1 Å². The van der Waals surface area contributed by atoms with E-state index < -0.39 is 0 Å². The maximum absolute atomic E-state index is 2.49. The van der Waals surface area contributed by atoms with Gasteiger partial charge in [-0.15, -0.1) is 0 Å². The number of anilines is 4. The van der Waals surface area contributed by atoms with E-state index in [-0.39, 0.29) is 0 Å². The summed E-state index contributed by atoms with van der Waals surface area (Å²) >= 11 is 0. The Morgan fingerprint density at radius 3 is 1.74 bits per heavy atom. The van der Waals surface area contributed by atoms with E-state index in [0.29, 0.717) is 17.8 Å². The van der Waals surface area contributed by atoms with Gasteiger partial charge < -0.3 is 19.6 Å². The lowest BCUT2D eigenvalue weighted by molar-refractivity contribution is 0.496. The molecular formula is C35H46N4. The van der Waals surface area contributed by atoms with Crippen LogP contribution in [0.25, 0.3) is 11.1 Å². The van der Waals surface area contributed by atoms with E-state index in [0.717, 1.165) is 13.3 Å². The number of aryl methyl sites for hydroxylation is 2. The van der Waals surface area contributed by atoms with Crippen LogP contribution in [0.3, 0.4) is 0 Å². The van der Waals surface area contributed by atoms with Crippen molar-refractivity contribution in [3.63, 3.8) is 0 Å². The van der Waals surface area contributed by atoms with Gasteiger partial charge in [0.15, 0.2) is 0 Å². The summed E-state index contributed by atoms with van der Waals surface area (Å²) in [6, 6.07) is 16.9. The van der Waals surface area contributed by atoms with E-state index in [1.165, 1.54) is 61.7 Å². The highest BCUT2D eigenvalue weighted by Crippen LogP contribution is 2.46. The summed E-state index contributed by atoms with van der Waals surface area (Å²) in [5.74, 6) is 1.38. The highest BCUT2D eigenvalue weighted by atomic mass is 15.4. The van der Waals surface area contributed by atoms with E-state index in [2.05, 4.69) is 144 Å². The second-order valence-electron chi connectivity index (χ2n) is 12.6. The predicted molar refractivity (Wildman–Crippen MR) is 170 cm³/mol. The monoisotopic (exact) mass is 522 g/mol. The summed E-state index contributed by atoms with van der Waals surface area (Å²) in [7, 11) is 4.34. The van der Waals surface area contributed by atoms with E-state index in [1.807, 2.05) is 0 Å². The highest BCUT2D eigenvalue weighted by Gasteiger charge is 2.28. The maximum Gasteiger partial charge on any atom is 0.0950 e. The van der Waals surface area contributed by atoms with E-state index in [1.54, 1.807) is 0 Å². The van der Waals surface area contributed by atoms with Crippen LogP contribution in [-0.4, -0.2) is 32.3 Å². The summed E-state index contributed by atoms with van der Waals surface area (Å²) in [5.41, 5.74) is 14.8. The molecule has 0 aromatic heterocycles. The summed E-state index contributed by atoms with van der Waals surface area (Å²) in [6.45, 7) is 20.1. The Hall–Kier alpha value is -3.40. The fourth-order valence-electron chi connectivity index (χ4n) is 5.94. The van der Waals surface area contributed by atoms with Crippen molar-refractivity contribution in [1.29, 1.82) is 0 Å². The molecule has 0 atom stereocenters. The van der Waals surface area contributed by atoms with Gasteiger partial charge in [-0.25, -0.2) is 0 Å². The van der Waals surface area contributed by atoms with Crippen LogP contribution in [0, 0.1) is 13.8 Å². The molecule has 4 nitrogen and oxygen atoms in total. The standard InChI is InChI=1S/C35H46N4/c1-22(2)27-17-31(23(3)4)35(32(18-27)24(5)6)28-15-29(38-12-11-36(9)20-38)19-30(16-28)39-21-37(10)33-13-25(7)26(8)14-34(33)39/h11-19,22-24H,20-21H2,1-10H3. The van der Waals surface area contributed by atoms with Gasteiger partial charge in [0, 0.05) is 37.9 Å². The molecule has 0 saturated heterocycles. The topological polar surface area (TPSA) is 13.0 Å². The third kappa shape index (κ3) is 5.02. The minimum atomic E-state index is 0.436. The molecule has 5 rings (SSSR count). The Balaban J connectivity index is 1.75. The second kappa shape index (κ2) is 10.3. The molecule has 0 spiro atoms. The van der Waals surface area contributed by atoms with Crippen molar-refractivity contribution in [3.8, 4) is 11.1 Å². The zero-order valence-electron chi connectivity index (χ0n) is 25.6.